The van der Waals surface area contributed by atoms with Crippen LogP contribution in [0.2, 0.25) is 0 Å². The van der Waals surface area contributed by atoms with E-state index in [-0.39, 0.29) is 11.3 Å². The predicted molar refractivity (Wildman–Crippen MR) is 59.8 cm³/mol. The van der Waals surface area contributed by atoms with E-state index in [0.717, 1.165) is 6.07 Å². The average Bonchev–Trinajstić information content (AvgIpc) is 2.29. The summed E-state index contributed by atoms with van der Waals surface area (Å²) < 4.78 is 0.338. The Hall–Kier alpha value is -2.25. The molecule has 0 aliphatic heterocycles. The minimum Gasteiger partial charge on any atom is -0.291 e. The Morgan fingerprint density at radius 3 is 2.41 bits per heavy atom. The van der Waals surface area contributed by atoms with Crippen LogP contribution in [0.4, 0.5) is 5.69 Å². The van der Waals surface area contributed by atoms with Crippen molar-refractivity contribution in [3.8, 4) is 12.1 Å². The molecule has 0 aromatic heterocycles. The molecule has 0 atom stereocenters. The lowest BCUT2D eigenvalue weighted by atomic mass is 10.00. The summed E-state index contributed by atoms with van der Waals surface area (Å²) >= 11 is 3.02. The number of benzene rings is 1. The first-order valence-electron chi connectivity index (χ1n) is 4.28. The Morgan fingerprint density at radius 1 is 1.35 bits per heavy atom. The van der Waals surface area contributed by atoms with Gasteiger partial charge in [0.15, 0.2) is 11.7 Å². The maximum atomic E-state index is 11.6. The highest BCUT2D eigenvalue weighted by atomic mass is 79.9. The topological polar surface area (TPSA) is 108 Å². The number of carbonyl (C=O) groups is 1. The van der Waals surface area contributed by atoms with Crippen LogP contribution in [0, 0.1) is 38.7 Å². The first kappa shape index (κ1) is 12.8. The third-order valence-corrected chi connectivity index (χ3v) is 2.36. The number of non-ortho nitro benzene ring substituents is 1. The molecule has 0 bridgehead atoms. The van der Waals surface area contributed by atoms with Gasteiger partial charge in [-0.15, -0.1) is 0 Å². The molecule has 7 heteroatoms. The number of halogens is 1. The largest absolute Gasteiger partial charge is 0.291 e. The van der Waals surface area contributed by atoms with Crippen molar-refractivity contribution in [2.45, 2.75) is 0 Å². The summed E-state index contributed by atoms with van der Waals surface area (Å²) in [6.07, 6.45) is 0. The van der Waals surface area contributed by atoms with Gasteiger partial charge in [-0.1, -0.05) is 15.9 Å². The van der Waals surface area contributed by atoms with Crippen LogP contribution < -0.4 is 0 Å². The molecule has 1 aromatic rings. The van der Waals surface area contributed by atoms with E-state index in [1.54, 1.807) is 0 Å². The van der Waals surface area contributed by atoms with Crippen LogP contribution >= 0.6 is 15.9 Å². The van der Waals surface area contributed by atoms with Crippen LogP contribution in [0.1, 0.15) is 10.4 Å². The summed E-state index contributed by atoms with van der Waals surface area (Å²) in [6, 6.07) is 6.64. The zero-order valence-corrected chi connectivity index (χ0v) is 9.84. The van der Waals surface area contributed by atoms with Crippen molar-refractivity contribution >= 4 is 27.4 Å². The number of nitro groups is 1. The molecule has 0 unspecified atom stereocenters. The number of hydrogen-bond donors (Lipinski definition) is 0. The Balaban J connectivity index is 3.25. The quantitative estimate of drug-likeness (QED) is 0.482. The summed E-state index contributed by atoms with van der Waals surface area (Å²) in [7, 11) is 0. The van der Waals surface area contributed by atoms with Gasteiger partial charge in [-0.2, -0.15) is 10.5 Å². The number of carbonyl (C=O) groups excluding carboxylic acids is 1. The molecule has 6 nitrogen and oxygen atoms in total. The van der Waals surface area contributed by atoms with Gasteiger partial charge >= 0.3 is 0 Å². The number of rotatable bonds is 3. The molecular formula is C10H4BrN3O3. The number of hydrogen-bond acceptors (Lipinski definition) is 5. The number of nitrogens with zero attached hydrogens (tertiary/aromatic N) is 3. The zero-order chi connectivity index (χ0) is 13.0. The number of ketones is 1. The van der Waals surface area contributed by atoms with Gasteiger partial charge < -0.3 is 0 Å². The number of nitriles is 2. The minimum atomic E-state index is -1.45. The van der Waals surface area contributed by atoms with Crippen LogP contribution in [0.5, 0.6) is 0 Å². The lowest BCUT2D eigenvalue weighted by Crippen LogP contribution is -2.11. The molecule has 0 saturated heterocycles. The van der Waals surface area contributed by atoms with E-state index in [0.29, 0.717) is 4.47 Å². The average molecular weight is 294 g/mol. The van der Waals surface area contributed by atoms with Crippen LogP contribution in [0.25, 0.3) is 0 Å². The Labute approximate surface area is 104 Å². The van der Waals surface area contributed by atoms with Crippen molar-refractivity contribution in [3.05, 3.63) is 38.3 Å². The van der Waals surface area contributed by atoms with E-state index < -0.39 is 16.6 Å². The molecule has 84 valence electrons. The second-order valence-corrected chi connectivity index (χ2v) is 3.93. The van der Waals surface area contributed by atoms with Crippen molar-refractivity contribution < 1.29 is 9.72 Å². The van der Waals surface area contributed by atoms with Gasteiger partial charge in [0.25, 0.3) is 5.69 Å². The monoisotopic (exact) mass is 293 g/mol. The summed E-state index contributed by atoms with van der Waals surface area (Å²) in [6.45, 7) is 0. The van der Waals surface area contributed by atoms with E-state index in [1.807, 2.05) is 0 Å². The Kier molecular flexibility index (Phi) is 3.91. The molecule has 0 heterocycles. The smallest absolute Gasteiger partial charge is 0.271 e. The molecule has 0 spiro atoms. The van der Waals surface area contributed by atoms with Crippen LogP contribution in [-0.4, -0.2) is 10.7 Å². The van der Waals surface area contributed by atoms with Crippen LogP contribution in [-0.2, 0) is 0 Å². The lowest BCUT2D eigenvalue weighted by molar-refractivity contribution is -0.385. The maximum Gasteiger partial charge on any atom is 0.271 e. The van der Waals surface area contributed by atoms with Crippen molar-refractivity contribution in [2.75, 3.05) is 0 Å². The predicted octanol–water partition coefficient (Wildman–Crippen LogP) is 2.20. The highest BCUT2D eigenvalue weighted by Gasteiger charge is 2.21. The Morgan fingerprint density at radius 2 is 1.94 bits per heavy atom. The fourth-order valence-corrected chi connectivity index (χ4v) is 1.62. The molecule has 1 aromatic carbocycles. The molecule has 0 radical (unpaired) electrons. The lowest BCUT2D eigenvalue weighted by Gasteiger charge is -2.01. The fraction of sp³-hybridized carbons (Fsp3) is 0.100. The maximum absolute atomic E-state index is 11.6. The molecule has 0 fully saturated rings. The van der Waals surface area contributed by atoms with Crippen LogP contribution in [0.3, 0.4) is 0 Å². The highest BCUT2D eigenvalue weighted by molar-refractivity contribution is 9.10. The molecule has 1 rings (SSSR count). The molecule has 0 aliphatic rings. The fourth-order valence-electron chi connectivity index (χ4n) is 1.13. The molecule has 0 N–H and O–H groups in total. The van der Waals surface area contributed by atoms with Crippen molar-refractivity contribution in [2.24, 2.45) is 5.92 Å². The SMILES string of the molecule is N#CC(C#N)C(=O)c1cc(Br)cc([N+](=O)[O-])c1. The van der Waals surface area contributed by atoms with Gasteiger partial charge in [0.2, 0.25) is 0 Å². The van der Waals surface area contributed by atoms with E-state index in [9.17, 15) is 14.9 Å². The number of Topliss-reactive ketones (excluding diaryl/α,β-unsaturated/α-hetero) is 1. The summed E-state index contributed by atoms with van der Waals surface area (Å²) in [4.78, 5) is 21.6. The van der Waals surface area contributed by atoms with Gasteiger partial charge in [0.05, 0.1) is 17.1 Å². The first-order chi connectivity index (χ1) is 7.99. The molecule has 0 aliphatic carbocycles. The summed E-state index contributed by atoms with van der Waals surface area (Å²) in [5.74, 6) is -2.21. The highest BCUT2D eigenvalue weighted by Crippen LogP contribution is 2.23. The van der Waals surface area contributed by atoms with Crippen LogP contribution in [0.15, 0.2) is 22.7 Å². The third kappa shape index (κ3) is 2.86. The zero-order valence-electron chi connectivity index (χ0n) is 8.25. The van der Waals surface area contributed by atoms with E-state index in [1.165, 1.54) is 24.3 Å². The first-order valence-corrected chi connectivity index (χ1v) is 5.07. The number of nitro benzene ring substituents is 1. The van der Waals surface area contributed by atoms with E-state index >= 15 is 0 Å². The third-order valence-electron chi connectivity index (χ3n) is 1.90. The minimum absolute atomic E-state index is 0.0424. The van der Waals surface area contributed by atoms with E-state index in [4.69, 9.17) is 10.5 Å². The van der Waals surface area contributed by atoms with Gasteiger partial charge in [0.1, 0.15) is 0 Å². The Bertz CT molecular complexity index is 557. The van der Waals surface area contributed by atoms with Crippen molar-refractivity contribution in [1.29, 1.82) is 10.5 Å². The molecular weight excluding hydrogens is 290 g/mol. The summed E-state index contributed by atoms with van der Waals surface area (Å²) in [5, 5.41) is 27.7. The van der Waals surface area contributed by atoms with Gasteiger partial charge in [-0.05, 0) is 6.07 Å². The molecule has 17 heavy (non-hydrogen) atoms. The molecule has 0 amide bonds. The van der Waals surface area contributed by atoms with Gasteiger partial charge in [-0.3, -0.25) is 14.9 Å². The van der Waals surface area contributed by atoms with Crippen molar-refractivity contribution in [1.82, 2.24) is 0 Å². The standard InChI is InChI=1S/C10H4BrN3O3/c11-8-1-6(2-9(3-8)14(16)17)10(15)7(4-12)5-13/h1-3,7H. The van der Waals surface area contributed by atoms with Gasteiger partial charge in [0, 0.05) is 22.2 Å². The normalized spacial score (nSPS) is 9.41. The van der Waals surface area contributed by atoms with Gasteiger partial charge in [-0.25, -0.2) is 0 Å². The molecule has 0 saturated carbocycles. The van der Waals surface area contributed by atoms with E-state index in [2.05, 4.69) is 15.9 Å². The second kappa shape index (κ2) is 5.19. The summed E-state index contributed by atoms with van der Waals surface area (Å²) in [5.41, 5.74) is -0.323. The second-order valence-electron chi connectivity index (χ2n) is 3.01. The van der Waals surface area contributed by atoms with Crippen molar-refractivity contribution in [3.63, 3.8) is 0 Å².